The van der Waals surface area contributed by atoms with Crippen molar-refractivity contribution in [3.05, 3.63) is 29.8 Å². The van der Waals surface area contributed by atoms with Crippen LogP contribution in [0, 0.1) is 12.3 Å². The molecule has 0 saturated carbocycles. The third-order valence-corrected chi connectivity index (χ3v) is 2.94. The van der Waals surface area contributed by atoms with Gasteiger partial charge in [-0.1, -0.05) is 32.9 Å². The molecule has 18 heavy (non-hydrogen) atoms. The predicted molar refractivity (Wildman–Crippen MR) is 76.0 cm³/mol. The molecule has 0 aromatic heterocycles. The lowest BCUT2D eigenvalue weighted by molar-refractivity contribution is 0.117. The predicted octanol–water partition coefficient (Wildman–Crippen LogP) is 3.95. The van der Waals surface area contributed by atoms with Crippen LogP contribution in [0.3, 0.4) is 0 Å². The van der Waals surface area contributed by atoms with Gasteiger partial charge in [0.05, 0.1) is 12.7 Å². The van der Waals surface area contributed by atoms with Gasteiger partial charge in [-0.15, -0.1) is 0 Å². The van der Waals surface area contributed by atoms with E-state index >= 15 is 0 Å². The van der Waals surface area contributed by atoms with Crippen molar-refractivity contribution in [3.8, 4) is 5.75 Å². The van der Waals surface area contributed by atoms with Gasteiger partial charge in [-0.2, -0.15) is 0 Å². The van der Waals surface area contributed by atoms with E-state index in [1.54, 1.807) is 0 Å². The van der Waals surface area contributed by atoms with Gasteiger partial charge in [0.2, 0.25) is 0 Å². The van der Waals surface area contributed by atoms with Crippen molar-refractivity contribution in [1.82, 2.24) is 0 Å². The number of ether oxygens (including phenoxy) is 1. The minimum atomic E-state index is -0.256. The summed E-state index contributed by atoms with van der Waals surface area (Å²) in [6.45, 7) is 9.22. The van der Waals surface area contributed by atoms with E-state index < -0.39 is 0 Å². The molecule has 2 nitrogen and oxygen atoms in total. The van der Waals surface area contributed by atoms with Crippen LogP contribution in [0.15, 0.2) is 24.3 Å². The molecule has 0 aliphatic rings. The fourth-order valence-corrected chi connectivity index (χ4v) is 1.76. The maximum atomic E-state index is 9.87. The van der Waals surface area contributed by atoms with E-state index in [0.29, 0.717) is 18.4 Å². The van der Waals surface area contributed by atoms with Gasteiger partial charge >= 0.3 is 0 Å². The molecule has 0 bridgehead atoms. The maximum absolute atomic E-state index is 9.87. The van der Waals surface area contributed by atoms with Crippen molar-refractivity contribution in [2.45, 2.75) is 53.1 Å². The van der Waals surface area contributed by atoms with Crippen LogP contribution in [0.5, 0.6) is 5.75 Å². The third-order valence-electron chi connectivity index (χ3n) is 2.94. The zero-order valence-corrected chi connectivity index (χ0v) is 12.1. The Labute approximate surface area is 111 Å². The molecule has 0 saturated heterocycles. The second-order valence-corrected chi connectivity index (χ2v) is 6.21. The molecular formula is C16H26O2. The number of aliphatic hydroxyl groups excluding tert-OH is 1. The van der Waals surface area contributed by atoms with Gasteiger partial charge in [0.15, 0.2) is 0 Å². The summed E-state index contributed by atoms with van der Waals surface area (Å²) < 4.78 is 5.63. The summed E-state index contributed by atoms with van der Waals surface area (Å²) in [5.41, 5.74) is 1.49. The van der Waals surface area contributed by atoms with Gasteiger partial charge in [-0.3, -0.25) is 0 Å². The number of hydrogen-bond acceptors (Lipinski definition) is 2. The Morgan fingerprint density at radius 1 is 1.22 bits per heavy atom. The monoisotopic (exact) mass is 250 g/mol. The highest BCUT2D eigenvalue weighted by molar-refractivity contribution is 5.27. The van der Waals surface area contributed by atoms with Gasteiger partial charge < -0.3 is 9.84 Å². The first-order valence-electron chi connectivity index (χ1n) is 6.74. The van der Waals surface area contributed by atoms with Crippen molar-refractivity contribution in [2.75, 3.05) is 6.61 Å². The average Bonchev–Trinajstić information content (AvgIpc) is 2.25. The molecule has 2 heteroatoms. The summed E-state index contributed by atoms with van der Waals surface area (Å²) in [6.07, 6.45) is 2.33. The lowest BCUT2D eigenvalue weighted by Gasteiger charge is -2.20. The van der Waals surface area contributed by atoms with E-state index in [9.17, 15) is 5.11 Å². The van der Waals surface area contributed by atoms with Gasteiger partial charge in [-0.25, -0.2) is 0 Å². The zero-order valence-electron chi connectivity index (χ0n) is 12.1. The number of hydrogen-bond donors (Lipinski definition) is 1. The van der Waals surface area contributed by atoms with Crippen molar-refractivity contribution >= 4 is 0 Å². The van der Waals surface area contributed by atoms with Crippen LogP contribution in [0.25, 0.3) is 0 Å². The van der Waals surface area contributed by atoms with Gasteiger partial charge in [0.1, 0.15) is 5.75 Å². The molecule has 0 aliphatic heterocycles. The van der Waals surface area contributed by atoms with Crippen molar-refractivity contribution in [1.29, 1.82) is 0 Å². The fourth-order valence-electron chi connectivity index (χ4n) is 1.76. The lowest BCUT2D eigenvalue weighted by atomic mass is 9.89. The Morgan fingerprint density at radius 3 is 2.56 bits per heavy atom. The average molecular weight is 250 g/mol. The molecule has 102 valence electrons. The van der Waals surface area contributed by atoms with Crippen molar-refractivity contribution in [3.63, 3.8) is 0 Å². The second kappa shape index (κ2) is 6.79. The fraction of sp³-hybridized carbons (Fsp3) is 0.625. The third kappa shape index (κ3) is 6.65. The Hall–Kier alpha value is -1.02. The summed E-state index contributed by atoms with van der Waals surface area (Å²) in [5, 5.41) is 9.87. The molecule has 1 N–H and O–H groups in total. The summed E-state index contributed by atoms with van der Waals surface area (Å²) in [4.78, 5) is 0. The van der Waals surface area contributed by atoms with E-state index in [1.807, 2.05) is 31.2 Å². The Bertz CT molecular complexity index is 352. The molecule has 0 radical (unpaired) electrons. The molecule has 0 aliphatic carbocycles. The summed E-state index contributed by atoms with van der Waals surface area (Å²) in [5.74, 6) is 0.887. The standard InChI is InChI=1S/C16H26O2/c1-13-6-5-7-15(12-13)18-11-9-14(17)8-10-16(2,3)4/h5-7,12,14,17H,8-11H2,1-4H3. The van der Waals surface area contributed by atoms with Crippen molar-refractivity contribution < 1.29 is 9.84 Å². The van der Waals surface area contributed by atoms with Crippen molar-refractivity contribution in [2.24, 2.45) is 5.41 Å². The topological polar surface area (TPSA) is 29.5 Å². The Morgan fingerprint density at radius 2 is 1.94 bits per heavy atom. The highest BCUT2D eigenvalue weighted by Crippen LogP contribution is 2.22. The molecule has 1 aromatic rings. The molecular weight excluding hydrogens is 224 g/mol. The van der Waals surface area contributed by atoms with E-state index in [2.05, 4.69) is 20.8 Å². The molecule has 0 heterocycles. The first-order valence-corrected chi connectivity index (χ1v) is 6.74. The minimum Gasteiger partial charge on any atom is -0.493 e. The molecule has 1 atom stereocenters. The summed E-state index contributed by atoms with van der Waals surface area (Å²) in [6, 6.07) is 8.00. The van der Waals surface area contributed by atoms with E-state index in [0.717, 1.165) is 18.6 Å². The molecule has 0 spiro atoms. The van der Waals surface area contributed by atoms with Gasteiger partial charge in [0, 0.05) is 6.42 Å². The van der Waals surface area contributed by atoms with Crippen LogP contribution in [0.1, 0.15) is 45.6 Å². The SMILES string of the molecule is Cc1cccc(OCCC(O)CCC(C)(C)C)c1. The van der Waals surface area contributed by atoms with E-state index in [4.69, 9.17) is 4.74 Å². The first-order chi connectivity index (χ1) is 8.37. The highest BCUT2D eigenvalue weighted by atomic mass is 16.5. The largest absolute Gasteiger partial charge is 0.493 e. The minimum absolute atomic E-state index is 0.256. The van der Waals surface area contributed by atoms with Crippen LogP contribution in [-0.2, 0) is 0 Å². The number of aryl methyl sites for hydroxylation is 1. The van der Waals surface area contributed by atoms with Crippen LogP contribution < -0.4 is 4.74 Å². The normalized spacial score (nSPS) is 13.4. The molecule has 1 rings (SSSR count). The van der Waals surface area contributed by atoms with Gasteiger partial charge in [-0.05, 0) is 42.9 Å². The highest BCUT2D eigenvalue weighted by Gasteiger charge is 2.13. The molecule has 1 unspecified atom stereocenters. The second-order valence-electron chi connectivity index (χ2n) is 6.21. The Kier molecular flexibility index (Phi) is 5.67. The van der Waals surface area contributed by atoms with Gasteiger partial charge in [0.25, 0.3) is 0 Å². The maximum Gasteiger partial charge on any atom is 0.119 e. The van der Waals surface area contributed by atoms with Crippen LogP contribution in [0.2, 0.25) is 0 Å². The van der Waals surface area contributed by atoms with Crippen LogP contribution >= 0.6 is 0 Å². The van der Waals surface area contributed by atoms with Crippen LogP contribution in [-0.4, -0.2) is 17.8 Å². The zero-order chi connectivity index (χ0) is 13.6. The lowest BCUT2D eigenvalue weighted by Crippen LogP contribution is -2.15. The number of benzene rings is 1. The van der Waals surface area contributed by atoms with E-state index in [1.165, 1.54) is 5.56 Å². The van der Waals surface area contributed by atoms with E-state index in [-0.39, 0.29) is 6.10 Å². The Balaban J connectivity index is 2.21. The van der Waals surface area contributed by atoms with Crippen LogP contribution in [0.4, 0.5) is 0 Å². The molecule has 0 fully saturated rings. The quantitative estimate of drug-likeness (QED) is 0.828. The molecule has 1 aromatic carbocycles. The first kappa shape index (κ1) is 15.0. The summed E-state index contributed by atoms with van der Waals surface area (Å²) in [7, 11) is 0. The number of rotatable bonds is 6. The number of aliphatic hydroxyl groups is 1. The smallest absolute Gasteiger partial charge is 0.119 e. The molecule has 0 amide bonds. The summed E-state index contributed by atoms with van der Waals surface area (Å²) >= 11 is 0.